The molecule has 0 saturated carbocycles. The predicted octanol–water partition coefficient (Wildman–Crippen LogP) is 9.54. The van der Waals surface area contributed by atoms with Gasteiger partial charge in [0.2, 0.25) is 0 Å². The molecule has 0 spiro atoms. The van der Waals surface area contributed by atoms with Crippen LogP contribution in [0.1, 0.15) is 69.2 Å². The molecule has 1 atom stereocenters. The first-order valence-electron chi connectivity index (χ1n) is 10.9. The minimum absolute atomic E-state index is 0.578. The van der Waals surface area contributed by atoms with E-state index in [1.165, 1.54) is 10.5 Å². The smallest absolute Gasteiger partial charge is 0.130 e. The van der Waals surface area contributed by atoms with Gasteiger partial charge in [-0.1, -0.05) is 87.3 Å². The lowest BCUT2D eigenvalue weighted by Gasteiger charge is -2.21. The van der Waals surface area contributed by atoms with Crippen LogP contribution in [0.3, 0.4) is 0 Å². The molecule has 2 heteroatoms. The number of hydrogen-bond donors (Lipinski definition) is 0. The Bertz CT molecular complexity index is 984. The normalized spacial score (nSPS) is 13.8. The fourth-order valence-corrected chi connectivity index (χ4v) is 4.44. The highest BCUT2D eigenvalue weighted by Gasteiger charge is 2.23. The monoisotopic (exact) mass is 434 g/mol. The van der Waals surface area contributed by atoms with Crippen LogP contribution in [0.4, 0.5) is 4.39 Å². The van der Waals surface area contributed by atoms with Gasteiger partial charge in [-0.25, -0.2) is 4.39 Å². The average molecular weight is 435 g/mol. The van der Waals surface area contributed by atoms with E-state index in [1.54, 1.807) is 37.8 Å². The molecule has 0 aromatic heterocycles. The molecule has 0 radical (unpaired) electrons. The van der Waals surface area contributed by atoms with E-state index in [0.717, 1.165) is 33.6 Å². The molecule has 0 heterocycles. The Kier molecular flexibility index (Phi) is 8.70. The quantitative estimate of drug-likeness (QED) is 0.280. The van der Waals surface area contributed by atoms with Crippen LogP contribution in [0.15, 0.2) is 84.3 Å². The second-order valence-electron chi connectivity index (χ2n) is 8.54. The molecule has 0 aliphatic rings. The average Bonchev–Trinajstić information content (AvgIpc) is 2.72. The van der Waals surface area contributed by atoms with Crippen molar-refractivity contribution >= 4 is 22.2 Å². The van der Waals surface area contributed by atoms with Crippen LogP contribution >= 0.6 is 11.8 Å². The van der Waals surface area contributed by atoms with Crippen LogP contribution in [0, 0.1) is 6.92 Å². The van der Waals surface area contributed by atoms with E-state index in [0.29, 0.717) is 11.5 Å². The molecule has 31 heavy (non-hydrogen) atoms. The second kappa shape index (κ2) is 10.8. The van der Waals surface area contributed by atoms with E-state index in [4.69, 9.17) is 0 Å². The van der Waals surface area contributed by atoms with E-state index < -0.39 is 5.67 Å². The van der Waals surface area contributed by atoms with Gasteiger partial charge in [0.25, 0.3) is 0 Å². The highest BCUT2D eigenvalue weighted by Crippen LogP contribution is 2.36. The summed E-state index contributed by atoms with van der Waals surface area (Å²) in [7, 11) is 0. The Labute approximate surface area is 192 Å². The SMILES string of the molecule is C=C/C=C\C(=C(/C)c1ccc(C(=C)Sc2ccc(C(C)CC)cc2)cc1C)C(C)(C)F. The molecule has 0 N–H and O–H groups in total. The van der Waals surface area contributed by atoms with Gasteiger partial charge in [-0.2, -0.15) is 0 Å². The van der Waals surface area contributed by atoms with E-state index in [9.17, 15) is 4.39 Å². The number of rotatable bonds is 9. The number of thioether (sulfide) groups is 1. The molecule has 2 rings (SSSR count). The molecule has 0 nitrogen and oxygen atoms in total. The summed E-state index contributed by atoms with van der Waals surface area (Å²) in [5, 5.41) is 0. The first kappa shape index (κ1) is 24.9. The van der Waals surface area contributed by atoms with Crippen LogP contribution in [0.5, 0.6) is 0 Å². The Balaban J connectivity index is 2.28. The van der Waals surface area contributed by atoms with Crippen molar-refractivity contribution in [3.63, 3.8) is 0 Å². The van der Waals surface area contributed by atoms with Gasteiger partial charge < -0.3 is 0 Å². The van der Waals surface area contributed by atoms with Crippen LogP contribution in [-0.2, 0) is 0 Å². The number of halogens is 1. The third-order valence-electron chi connectivity index (χ3n) is 5.70. The third kappa shape index (κ3) is 6.58. The Morgan fingerprint density at radius 1 is 1.16 bits per heavy atom. The topological polar surface area (TPSA) is 0 Å². The molecule has 0 saturated heterocycles. The van der Waals surface area contributed by atoms with Crippen LogP contribution in [-0.4, -0.2) is 5.67 Å². The van der Waals surface area contributed by atoms with Crippen molar-refractivity contribution in [2.24, 2.45) is 0 Å². The molecular formula is C29H35FS. The predicted molar refractivity (Wildman–Crippen MR) is 138 cm³/mol. The van der Waals surface area contributed by atoms with Crippen LogP contribution in [0.25, 0.3) is 10.5 Å². The van der Waals surface area contributed by atoms with Crippen LogP contribution in [0.2, 0.25) is 0 Å². The lowest BCUT2D eigenvalue weighted by atomic mass is 9.89. The lowest BCUT2D eigenvalue weighted by Crippen LogP contribution is -2.16. The summed E-state index contributed by atoms with van der Waals surface area (Å²) >= 11 is 1.68. The summed E-state index contributed by atoms with van der Waals surface area (Å²) in [5.41, 5.74) is 4.79. The Hall–Kier alpha value is -2.32. The van der Waals surface area contributed by atoms with Gasteiger partial charge >= 0.3 is 0 Å². The van der Waals surface area contributed by atoms with Crippen molar-refractivity contribution < 1.29 is 4.39 Å². The summed E-state index contributed by atoms with van der Waals surface area (Å²) in [5.74, 6) is 0.578. The summed E-state index contributed by atoms with van der Waals surface area (Å²) in [6, 6.07) is 15.1. The third-order valence-corrected chi connectivity index (χ3v) is 6.69. The minimum atomic E-state index is -1.43. The van der Waals surface area contributed by atoms with E-state index in [1.807, 2.05) is 13.0 Å². The summed E-state index contributed by atoms with van der Waals surface area (Å²) in [4.78, 5) is 2.19. The zero-order chi connectivity index (χ0) is 23.2. The maximum atomic E-state index is 14.8. The fourth-order valence-electron chi connectivity index (χ4n) is 3.64. The largest absolute Gasteiger partial charge is 0.239 e. The lowest BCUT2D eigenvalue weighted by molar-refractivity contribution is 0.275. The number of hydrogen-bond acceptors (Lipinski definition) is 1. The van der Waals surface area contributed by atoms with Crippen molar-refractivity contribution in [1.82, 2.24) is 0 Å². The molecule has 1 unspecified atom stereocenters. The maximum absolute atomic E-state index is 14.8. The molecule has 0 bridgehead atoms. The number of allylic oxidation sites excluding steroid dienone is 5. The maximum Gasteiger partial charge on any atom is 0.130 e. The molecule has 0 fully saturated rings. The van der Waals surface area contributed by atoms with Gasteiger partial charge in [0.1, 0.15) is 5.67 Å². The molecule has 0 aliphatic heterocycles. The molecule has 0 amide bonds. The number of alkyl halides is 1. The second-order valence-corrected chi connectivity index (χ2v) is 9.71. The van der Waals surface area contributed by atoms with E-state index >= 15 is 0 Å². The van der Waals surface area contributed by atoms with Gasteiger partial charge in [0.15, 0.2) is 0 Å². The zero-order valence-electron chi connectivity index (χ0n) is 19.8. The first-order chi connectivity index (χ1) is 14.6. The van der Waals surface area contributed by atoms with Crippen molar-refractivity contribution in [1.29, 1.82) is 0 Å². The summed E-state index contributed by atoms with van der Waals surface area (Å²) < 4.78 is 14.8. The molecule has 0 aliphatic carbocycles. The fraction of sp³-hybridized carbons (Fsp3) is 0.310. The molecule has 2 aromatic carbocycles. The Morgan fingerprint density at radius 2 is 1.81 bits per heavy atom. The number of aryl methyl sites for hydroxylation is 1. The summed E-state index contributed by atoms with van der Waals surface area (Å²) in [6.07, 6.45) is 6.41. The number of benzene rings is 2. The summed E-state index contributed by atoms with van der Waals surface area (Å²) in [6.45, 7) is 19.7. The van der Waals surface area contributed by atoms with Gasteiger partial charge in [-0.15, -0.1) is 0 Å². The van der Waals surface area contributed by atoms with Crippen LogP contribution < -0.4 is 0 Å². The van der Waals surface area contributed by atoms with Gasteiger partial charge in [0.05, 0.1) is 0 Å². The Morgan fingerprint density at radius 3 is 2.32 bits per heavy atom. The molecule has 2 aromatic rings. The zero-order valence-corrected chi connectivity index (χ0v) is 20.6. The molecule has 164 valence electrons. The van der Waals surface area contributed by atoms with Gasteiger partial charge in [0, 0.05) is 9.80 Å². The van der Waals surface area contributed by atoms with Crippen molar-refractivity contribution in [3.05, 3.63) is 102 Å². The minimum Gasteiger partial charge on any atom is -0.239 e. The first-order valence-corrected chi connectivity index (χ1v) is 11.7. The van der Waals surface area contributed by atoms with Crippen molar-refractivity contribution in [2.45, 2.75) is 64.4 Å². The standard InChI is InChI=1S/C29H35FS/c1-9-11-12-28(29(7,8)30)22(5)27-18-15-25(19-21(27)4)23(6)31-26-16-13-24(14-17-26)20(3)10-2/h9,11-20H,1,6,10H2,2-5,7-8H3/b12-11-,28-22-. The van der Waals surface area contributed by atoms with Gasteiger partial charge in [-0.05, 0) is 85.6 Å². The van der Waals surface area contributed by atoms with Crippen molar-refractivity contribution in [3.8, 4) is 0 Å². The highest BCUT2D eigenvalue weighted by atomic mass is 32.2. The van der Waals surface area contributed by atoms with E-state index in [-0.39, 0.29) is 0 Å². The van der Waals surface area contributed by atoms with Gasteiger partial charge in [-0.3, -0.25) is 0 Å². The van der Waals surface area contributed by atoms with Crippen molar-refractivity contribution in [2.75, 3.05) is 0 Å². The van der Waals surface area contributed by atoms with E-state index in [2.05, 4.69) is 76.4 Å². The highest BCUT2D eigenvalue weighted by molar-refractivity contribution is 8.08. The molecular weight excluding hydrogens is 399 g/mol.